The summed E-state index contributed by atoms with van der Waals surface area (Å²) in [4.78, 5) is 0. The van der Waals surface area contributed by atoms with Crippen molar-refractivity contribution in [1.82, 2.24) is 5.32 Å². The molecule has 0 spiro atoms. The first kappa shape index (κ1) is 16.7. The molecule has 0 amide bonds. The smallest absolute Gasteiger partial charge is 0.385 e. The number of ether oxygens (including phenoxy) is 2. The Hall–Kier alpha value is -0.330. The predicted octanol–water partition coefficient (Wildman–Crippen LogP) is 2.22. The van der Waals surface area contributed by atoms with E-state index in [1.54, 1.807) is 14.2 Å². The Labute approximate surface area is 101 Å². The van der Waals surface area contributed by atoms with Crippen LogP contribution in [0.15, 0.2) is 0 Å². The SMILES string of the molecule is CNC(CCOCC(F)(F)F)C(C)CCOC. The van der Waals surface area contributed by atoms with Crippen molar-refractivity contribution in [2.24, 2.45) is 5.92 Å². The lowest BCUT2D eigenvalue weighted by molar-refractivity contribution is -0.174. The molecular formula is C11H22F3NO2. The molecule has 6 heteroatoms. The fraction of sp³-hybridized carbons (Fsp3) is 1.00. The molecule has 0 saturated heterocycles. The van der Waals surface area contributed by atoms with Gasteiger partial charge in [0.1, 0.15) is 6.61 Å². The summed E-state index contributed by atoms with van der Waals surface area (Å²) in [5.74, 6) is 0.342. The second-order valence-corrected chi connectivity index (χ2v) is 4.11. The van der Waals surface area contributed by atoms with Gasteiger partial charge in [0.25, 0.3) is 0 Å². The molecule has 2 unspecified atom stereocenters. The van der Waals surface area contributed by atoms with Gasteiger partial charge in [0.15, 0.2) is 0 Å². The topological polar surface area (TPSA) is 30.5 Å². The summed E-state index contributed by atoms with van der Waals surface area (Å²) < 4.78 is 45.0. The summed E-state index contributed by atoms with van der Waals surface area (Å²) in [6.45, 7) is 1.64. The summed E-state index contributed by atoms with van der Waals surface area (Å²) in [5.41, 5.74) is 0. The third-order valence-electron chi connectivity index (χ3n) is 2.67. The van der Waals surface area contributed by atoms with Crippen molar-refractivity contribution >= 4 is 0 Å². The van der Waals surface area contributed by atoms with Crippen LogP contribution in [0.1, 0.15) is 19.8 Å². The van der Waals surface area contributed by atoms with Gasteiger partial charge in [0.05, 0.1) is 0 Å². The first-order valence-corrected chi connectivity index (χ1v) is 5.71. The molecule has 0 aliphatic heterocycles. The van der Waals surface area contributed by atoms with Crippen LogP contribution in [0.5, 0.6) is 0 Å². The lowest BCUT2D eigenvalue weighted by Crippen LogP contribution is -2.34. The van der Waals surface area contributed by atoms with Gasteiger partial charge in [-0.15, -0.1) is 0 Å². The molecule has 0 aromatic carbocycles. The van der Waals surface area contributed by atoms with Gasteiger partial charge in [-0.25, -0.2) is 0 Å². The van der Waals surface area contributed by atoms with Gasteiger partial charge in [-0.1, -0.05) is 6.92 Å². The van der Waals surface area contributed by atoms with Crippen LogP contribution in [0.3, 0.4) is 0 Å². The van der Waals surface area contributed by atoms with Crippen LogP contribution in [-0.4, -0.2) is 46.2 Å². The molecule has 104 valence electrons. The Bertz CT molecular complexity index is 188. The fourth-order valence-corrected chi connectivity index (χ4v) is 1.62. The second-order valence-electron chi connectivity index (χ2n) is 4.11. The van der Waals surface area contributed by atoms with Gasteiger partial charge >= 0.3 is 6.18 Å². The second kappa shape index (κ2) is 8.72. The minimum absolute atomic E-state index is 0.113. The monoisotopic (exact) mass is 257 g/mol. The third kappa shape index (κ3) is 9.38. The van der Waals surface area contributed by atoms with Crippen LogP contribution in [-0.2, 0) is 9.47 Å². The van der Waals surface area contributed by atoms with Crippen molar-refractivity contribution in [3.05, 3.63) is 0 Å². The normalized spacial score (nSPS) is 15.9. The zero-order chi connectivity index (χ0) is 13.3. The molecule has 17 heavy (non-hydrogen) atoms. The Morgan fingerprint density at radius 2 is 1.82 bits per heavy atom. The lowest BCUT2D eigenvalue weighted by Gasteiger charge is -2.23. The van der Waals surface area contributed by atoms with Crippen molar-refractivity contribution in [1.29, 1.82) is 0 Å². The maximum atomic E-state index is 11.8. The highest BCUT2D eigenvalue weighted by atomic mass is 19.4. The van der Waals surface area contributed by atoms with Gasteiger partial charge in [0.2, 0.25) is 0 Å². The van der Waals surface area contributed by atoms with E-state index in [0.29, 0.717) is 18.9 Å². The van der Waals surface area contributed by atoms with E-state index in [4.69, 9.17) is 4.74 Å². The summed E-state index contributed by atoms with van der Waals surface area (Å²) in [7, 11) is 3.44. The number of hydrogen-bond donors (Lipinski definition) is 1. The number of methoxy groups -OCH3 is 1. The fourth-order valence-electron chi connectivity index (χ4n) is 1.62. The summed E-state index contributed by atoms with van der Waals surface area (Å²) in [6, 6.07) is 0.151. The van der Waals surface area contributed by atoms with E-state index in [-0.39, 0.29) is 12.6 Å². The van der Waals surface area contributed by atoms with Crippen LogP contribution in [0.4, 0.5) is 13.2 Å². The zero-order valence-corrected chi connectivity index (χ0v) is 10.6. The van der Waals surface area contributed by atoms with Crippen LogP contribution in [0.25, 0.3) is 0 Å². The van der Waals surface area contributed by atoms with Crippen LogP contribution in [0.2, 0.25) is 0 Å². The largest absolute Gasteiger partial charge is 0.411 e. The molecule has 0 saturated carbocycles. The average molecular weight is 257 g/mol. The highest BCUT2D eigenvalue weighted by Crippen LogP contribution is 2.16. The standard InChI is InChI=1S/C11H22F3NO2/c1-9(4-6-16-3)10(15-2)5-7-17-8-11(12,13)14/h9-10,15H,4-8H2,1-3H3. The van der Waals surface area contributed by atoms with Crippen molar-refractivity contribution in [3.8, 4) is 0 Å². The Morgan fingerprint density at radius 1 is 1.18 bits per heavy atom. The maximum absolute atomic E-state index is 11.8. The van der Waals surface area contributed by atoms with E-state index in [9.17, 15) is 13.2 Å². The first-order valence-electron chi connectivity index (χ1n) is 5.71. The van der Waals surface area contributed by atoms with E-state index in [1.807, 2.05) is 6.92 Å². The van der Waals surface area contributed by atoms with Crippen molar-refractivity contribution in [3.63, 3.8) is 0 Å². The number of rotatable bonds is 9. The molecule has 0 aromatic heterocycles. The van der Waals surface area contributed by atoms with Gasteiger partial charge in [0, 0.05) is 26.4 Å². The van der Waals surface area contributed by atoms with E-state index >= 15 is 0 Å². The Balaban J connectivity index is 3.74. The van der Waals surface area contributed by atoms with Crippen molar-refractivity contribution in [2.75, 3.05) is 34.0 Å². The van der Waals surface area contributed by atoms with E-state index in [1.165, 1.54) is 0 Å². The molecule has 3 nitrogen and oxygen atoms in total. The number of alkyl halides is 3. The maximum Gasteiger partial charge on any atom is 0.411 e. The molecule has 0 aromatic rings. The van der Waals surface area contributed by atoms with Gasteiger partial charge in [-0.05, 0) is 25.8 Å². The Morgan fingerprint density at radius 3 is 2.29 bits per heavy atom. The summed E-state index contributed by atoms with van der Waals surface area (Å²) in [6.07, 6.45) is -2.80. The van der Waals surface area contributed by atoms with E-state index in [2.05, 4.69) is 10.1 Å². The molecule has 1 N–H and O–H groups in total. The van der Waals surface area contributed by atoms with Gasteiger partial charge in [-0.2, -0.15) is 13.2 Å². The van der Waals surface area contributed by atoms with Crippen LogP contribution < -0.4 is 5.32 Å². The summed E-state index contributed by atoms with van der Waals surface area (Å²) >= 11 is 0. The minimum Gasteiger partial charge on any atom is -0.385 e. The molecule has 0 rings (SSSR count). The first-order chi connectivity index (χ1) is 7.90. The third-order valence-corrected chi connectivity index (χ3v) is 2.67. The van der Waals surface area contributed by atoms with Gasteiger partial charge < -0.3 is 14.8 Å². The molecule has 0 aliphatic rings. The summed E-state index contributed by atoms with van der Waals surface area (Å²) in [5, 5.41) is 3.09. The molecule has 0 heterocycles. The molecule has 0 bridgehead atoms. The number of halogens is 3. The number of nitrogens with one attached hydrogen (secondary N) is 1. The molecule has 0 fully saturated rings. The average Bonchev–Trinajstić information content (AvgIpc) is 2.24. The highest BCUT2D eigenvalue weighted by Gasteiger charge is 2.27. The van der Waals surface area contributed by atoms with Gasteiger partial charge in [-0.3, -0.25) is 0 Å². The predicted molar refractivity (Wildman–Crippen MR) is 60.0 cm³/mol. The Kier molecular flexibility index (Phi) is 8.55. The minimum atomic E-state index is -4.24. The highest BCUT2D eigenvalue weighted by molar-refractivity contribution is 4.71. The number of hydrogen-bond acceptors (Lipinski definition) is 3. The zero-order valence-electron chi connectivity index (χ0n) is 10.6. The molecule has 0 aliphatic carbocycles. The van der Waals surface area contributed by atoms with Crippen molar-refractivity contribution < 1.29 is 22.6 Å². The molecule has 0 radical (unpaired) electrons. The quantitative estimate of drug-likeness (QED) is 0.642. The van der Waals surface area contributed by atoms with Crippen LogP contribution >= 0.6 is 0 Å². The molecular weight excluding hydrogens is 235 g/mol. The lowest BCUT2D eigenvalue weighted by atomic mass is 9.96. The van der Waals surface area contributed by atoms with Crippen molar-refractivity contribution in [2.45, 2.75) is 32.0 Å². The molecule has 2 atom stereocenters. The van der Waals surface area contributed by atoms with E-state index < -0.39 is 12.8 Å². The van der Waals surface area contributed by atoms with Crippen LogP contribution in [0, 0.1) is 5.92 Å². The van der Waals surface area contributed by atoms with E-state index in [0.717, 1.165) is 6.42 Å².